The Morgan fingerprint density at radius 1 is 1.35 bits per heavy atom. The average Bonchev–Trinajstić information content (AvgIpc) is 3.17. The summed E-state index contributed by atoms with van der Waals surface area (Å²) < 4.78 is 2.47. The van der Waals surface area contributed by atoms with E-state index in [1.807, 2.05) is 0 Å². The summed E-state index contributed by atoms with van der Waals surface area (Å²) in [6.07, 6.45) is 9.89. The number of aryl methyl sites for hydroxylation is 1. The van der Waals surface area contributed by atoms with Crippen LogP contribution >= 0.6 is 0 Å². The van der Waals surface area contributed by atoms with E-state index in [9.17, 15) is 0 Å². The zero-order valence-electron chi connectivity index (χ0n) is 12.9. The van der Waals surface area contributed by atoms with E-state index < -0.39 is 0 Å². The first-order valence-corrected chi connectivity index (χ1v) is 8.27. The van der Waals surface area contributed by atoms with Crippen molar-refractivity contribution in [2.75, 3.05) is 18.0 Å². The normalized spacial score (nSPS) is 25.6. The van der Waals surface area contributed by atoms with Gasteiger partial charge in [0.15, 0.2) is 0 Å². The van der Waals surface area contributed by atoms with E-state index >= 15 is 0 Å². The zero-order valence-corrected chi connectivity index (χ0v) is 12.9. The number of hydrogen-bond acceptors (Lipinski definition) is 3. The summed E-state index contributed by atoms with van der Waals surface area (Å²) in [5.74, 6) is 1.82. The molecule has 0 amide bonds. The maximum atomic E-state index is 6.08. The summed E-state index contributed by atoms with van der Waals surface area (Å²) in [5, 5.41) is 0. The Hall–Kier alpha value is -1.03. The third-order valence-corrected chi connectivity index (χ3v) is 5.09. The second-order valence-corrected chi connectivity index (χ2v) is 6.59. The Labute approximate surface area is 122 Å². The van der Waals surface area contributed by atoms with Gasteiger partial charge in [0, 0.05) is 31.4 Å². The van der Waals surface area contributed by atoms with E-state index in [0.29, 0.717) is 18.0 Å². The van der Waals surface area contributed by atoms with Crippen molar-refractivity contribution in [2.45, 2.75) is 64.5 Å². The highest BCUT2D eigenvalue weighted by Crippen LogP contribution is 2.35. The van der Waals surface area contributed by atoms with Crippen molar-refractivity contribution < 1.29 is 0 Å². The monoisotopic (exact) mass is 276 g/mol. The molecule has 0 radical (unpaired) electrons. The number of nitrogens with zero attached hydrogens (tertiary/aromatic N) is 3. The fourth-order valence-electron chi connectivity index (χ4n) is 3.69. The lowest BCUT2D eigenvalue weighted by molar-refractivity contribution is 0.483. The third-order valence-electron chi connectivity index (χ3n) is 5.09. The molecule has 0 spiro atoms. The topological polar surface area (TPSA) is 47.1 Å². The van der Waals surface area contributed by atoms with E-state index in [-0.39, 0.29) is 0 Å². The molecule has 4 nitrogen and oxygen atoms in total. The molecule has 2 heterocycles. The lowest BCUT2D eigenvalue weighted by Crippen LogP contribution is -2.31. The molecule has 1 saturated carbocycles. The van der Waals surface area contributed by atoms with Crippen LogP contribution in [0.2, 0.25) is 0 Å². The lowest BCUT2D eigenvalue weighted by atomic mass is 10.0. The first-order chi connectivity index (χ1) is 9.69. The van der Waals surface area contributed by atoms with Crippen molar-refractivity contribution in [3.05, 3.63) is 11.9 Å². The molecular formula is C16H28N4. The van der Waals surface area contributed by atoms with Crippen LogP contribution in [0.3, 0.4) is 0 Å². The van der Waals surface area contributed by atoms with Crippen LogP contribution in [0.15, 0.2) is 6.20 Å². The van der Waals surface area contributed by atoms with Crippen molar-refractivity contribution in [2.24, 2.45) is 11.7 Å². The van der Waals surface area contributed by atoms with Gasteiger partial charge in [-0.2, -0.15) is 0 Å². The number of aromatic nitrogens is 2. The van der Waals surface area contributed by atoms with E-state index in [1.165, 1.54) is 43.7 Å². The predicted molar refractivity (Wildman–Crippen MR) is 83.1 cm³/mol. The minimum absolute atomic E-state index is 0.292. The van der Waals surface area contributed by atoms with E-state index in [1.54, 1.807) is 0 Å². The van der Waals surface area contributed by atoms with Gasteiger partial charge in [-0.3, -0.25) is 0 Å². The van der Waals surface area contributed by atoms with Gasteiger partial charge < -0.3 is 15.2 Å². The van der Waals surface area contributed by atoms with Crippen LogP contribution in [0.25, 0.3) is 0 Å². The molecule has 1 aliphatic carbocycles. The van der Waals surface area contributed by atoms with Crippen molar-refractivity contribution in [3.8, 4) is 0 Å². The number of hydrogen-bond donors (Lipinski definition) is 1. The maximum Gasteiger partial charge on any atom is 0.205 e. The first kappa shape index (κ1) is 13.9. The molecule has 112 valence electrons. The van der Waals surface area contributed by atoms with Gasteiger partial charge in [-0.05, 0) is 38.5 Å². The van der Waals surface area contributed by atoms with Crippen molar-refractivity contribution >= 4 is 5.95 Å². The van der Waals surface area contributed by atoms with Gasteiger partial charge >= 0.3 is 0 Å². The molecule has 1 aromatic rings. The van der Waals surface area contributed by atoms with Crippen LogP contribution in [0, 0.1) is 5.92 Å². The number of nitrogens with two attached hydrogens (primary N) is 1. The summed E-state index contributed by atoms with van der Waals surface area (Å²) in [4.78, 5) is 7.36. The molecule has 4 heteroatoms. The van der Waals surface area contributed by atoms with Gasteiger partial charge in [-0.1, -0.05) is 19.8 Å². The number of imidazole rings is 1. The largest absolute Gasteiger partial charge is 0.342 e. The van der Waals surface area contributed by atoms with Crippen LogP contribution < -0.4 is 10.6 Å². The van der Waals surface area contributed by atoms with Crippen LogP contribution in [0.4, 0.5) is 5.95 Å². The Morgan fingerprint density at radius 2 is 2.10 bits per heavy atom. The average molecular weight is 276 g/mol. The smallest absolute Gasteiger partial charge is 0.205 e. The van der Waals surface area contributed by atoms with Gasteiger partial charge in [0.2, 0.25) is 5.95 Å². The van der Waals surface area contributed by atoms with E-state index in [4.69, 9.17) is 10.7 Å². The second-order valence-electron chi connectivity index (χ2n) is 6.59. The predicted octanol–water partition coefficient (Wildman–Crippen LogP) is 2.73. The molecule has 2 atom stereocenters. The number of rotatable bonds is 4. The molecule has 2 N–H and O–H groups in total. The highest BCUT2D eigenvalue weighted by molar-refractivity contribution is 5.36. The number of anilines is 1. The highest BCUT2D eigenvalue weighted by atomic mass is 15.3. The van der Waals surface area contributed by atoms with Gasteiger partial charge in [0.1, 0.15) is 0 Å². The molecule has 2 fully saturated rings. The maximum absolute atomic E-state index is 6.08. The summed E-state index contributed by atoms with van der Waals surface area (Å²) >= 11 is 0. The molecule has 0 bridgehead atoms. The van der Waals surface area contributed by atoms with Crippen LogP contribution in [0.1, 0.15) is 57.7 Å². The van der Waals surface area contributed by atoms with Crippen LogP contribution in [-0.2, 0) is 6.42 Å². The fraction of sp³-hybridized carbons (Fsp3) is 0.812. The molecule has 1 saturated heterocycles. The molecule has 0 aromatic carbocycles. The standard InChI is InChI=1S/C16H28N4/c1-3-14-11-20(15-6-4-5-7-15)16(18-14)19-9-8-13(10-19)12(2)17/h11-13,15H,3-10,17H2,1-2H3. The highest BCUT2D eigenvalue weighted by Gasteiger charge is 2.30. The summed E-state index contributed by atoms with van der Waals surface area (Å²) in [6, 6.07) is 0.965. The lowest BCUT2D eigenvalue weighted by Gasteiger charge is -2.23. The Morgan fingerprint density at radius 3 is 2.70 bits per heavy atom. The van der Waals surface area contributed by atoms with E-state index in [0.717, 1.165) is 19.5 Å². The van der Waals surface area contributed by atoms with Gasteiger partial charge in [-0.15, -0.1) is 0 Å². The first-order valence-electron chi connectivity index (χ1n) is 8.27. The van der Waals surface area contributed by atoms with Gasteiger partial charge in [0.25, 0.3) is 0 Å². The van der Waals surface area contributed by atoms with Crippen molar-refractivity contribution in [3.63, 3.8) is 0 Å². The van der Waals surface area contributed by atoms with Gasteiger partial charge in [0.05, 0.1) is 5.69 Å². The minimum atomic E-state index is 0.292. The summed E-state index contributed by atoms with van der Waals surface area (Å²) in [5.41, 5.74) is 7.31. The van der Waals surface area contributed by atoms with Crippen molar-refractivity contribution in [1.29, 1.82) is 0 Å². The second kappa shape index (κ2) is 5.76. The van der Waals surface area contributed by atoms with Crippen molar-refractivity contribution in [1.82, 2.24) is 9.55 Å². The molecule has 1 aromatic heterocycles. The molecule has 3 rings (SSSR count). The Bertz CT molecular complexity index is 445. The molecule has 20 heavy (non-hydrogen) atoms. The molecule has 1 aliphatic heterocycles. The van der Waals surface area contributed by atoms with Crippen LogP contribution in [0.5, 0.6) is 0 Å². The zero-order chi connectivity index (χ0) is 14.1. The minimum Gasteiger partial charge on any atom is -0.342 e. The molecule has 2 unspecified atom stereocenters. The fourth-order valence-corrected chi connectivity index (χ4v) is 3.69. The van der Waals surface area contributed by atoms with E-state index in [2.05, 4.69) is 29.5 Å². The SMILES string of the molecule is CCc1cn(C2CCCC2)c(N2CCC(C(C)N)C2)n1. The van der Waals surface area contributed by atoms with Crippen LogP contribution in [-0.4, -0.2) is 28.7 Å². The molecule has 2 aliphatic rings. The quantitative estimate of drug-likeness (QED) is 0.920. The third kappa shape index (κ3) is 2.58. The Balaban J connectivity index is 1.83. The Kier molecular flexibility index (Phi) is 4.01. The summed E-state index contributed by atoms with van der Waals surface area (Å²) in [6.45, 7) is 6.51. The molecular weight excluding hydrogens is 248 g/mol. The van der Waals surface area contributed by atoms with Gasteiger partial charge in [-0.25, -0.2) is 4.98 Å². The summed E-state index contributed by atoms with van der Waals surface area (Å²) in [7, 11) is 0.